The Balaban J connectivity index is 1.65. The van der Waals surface area contributed by atoms with Crippen LogP contribution in [0.25, 0.3) is 0 Å². The maximum absolute atomic E-state index is 11.6. The Morgan fingerprint density at radius 1 is 0.875 bits per heavy atom. The van der Waals surface area contributed by atoms with Crippen LogP contribution in [-0.4, -0.2) is 34.2 Å². The van der Waals surface area contributed by atoms with Gasteiger partial charge in [-0.05, 0) is 12.1 Å². The van der Waals surface area contributed by atoms with Crippen LogP contribution in [0.3, 0.4) is 0 Å². The van der Waals surface area contributed by atoms with E-state index in [1.54, 1.807) is 49.1 Å². The van der Waals surface area contributed by atoms with Crippen molar-refractivity contribution in [1.29, 1.82) is 0 Å². The molecule has 2 aromatic rings. The number of pyridine rings is 2. The van der Waals surface area contributed by atoms with Crippen molar-refractivity contribution in [2.45, 2.75) is 12.8 Å². The predicted octanol–water partition coefficient (Wildman–Crippen LogP) is 0.857. The lowest BCUT2D eigenvalue weighted by Crippen LogP contribution is -2.22. The Hall–Kier alpha value is -3.42. The lowest BCUT2D eigenvalue weighted by molar-refractivity contribution is -0.126. The summed E-state index contributed by atoms with van der Waals surface area (Å²) in [5.41, 5.74) is 6.22. The number of hydrogen-bond donors (Lipinski definition) is 2. The van der Waals surface area contributed by atoms with E-state index in [4.69, 9.17) is 0 Å². The fourth-order valence-corrected chi connectivity index (χ4v) is 1.60. The first-order valence-electron chi connectivity index (χ1n) is 7.18. The first kappa shape index (κ1) is 16.9. The Morgan fingerprint density at radius 3 is 1.71 bits per heavy atom. The van der Waals surface area contributed by atoms with Gasteiger partial charge in [0.25, 0.3) is 0 Å². The molecule has 122 valence electrons. The van der Waals surface area contributed by atoms with Gasteiger partial charge in [0.1, 0.15) is 0 Å². The molecule has 2 aromatic heterocycles. The van der Waals surface area contributed by atoms with Gasteiger partial charge in [-0.3, -0.25) is 19.6 Å². The van der Waals surface area contributed by atoms with Gasteiger partial charge in [0.15, 0.2) is 0 Å². The minimum atomic E-state index is -0.360. The van der Waals surface area contributed by atoms with Gasteiger partial charge >= 0.3 is 0 Å². The quantitative estimate of drug-likeness (QED) is 0.581. The first-order chi connectivity index (χ1) is 11.7. The lowest BCUT2D eigenvalue weighted by Gasteiger charge is -2.00. The molecule has 8 heteroatoms. The van der Waals surface area contributed by atoms with Crippen LogP contribution in [0.1, 0.15) is 24.0 Å². The van der Waals surface area contributed by atoms with Gasteiger partial charge in [0.05, 0.1) is 12.4 Å². The highest BCUT2D eigenvalue weighted by atomic mass is 16.2. The van der Waals surface area contributed by atoms with E-state index in [0.717, 1.165) is 11.1 Å². The van der Waals surface area contributed by atoms with Gasteiger partial charge < -0.3 is 0 Å². The zero-order valence-electron chi connectivity index (χ0n) is 12.8. The lowest BCUT2D eigenvalue weighted by atomic mass is 10.3. The van der Waals surface area contributed by atoms with E-state index in [-0.39, 0.29) is 24.7 Å². The molecule has 0 radical (unpaired) electrons. The predicted molar refractivity (Wildman–Crippen MR) is 89.2 cm³/mol. The third-order valence-corrected chi connectivity index (χ3v) is 2.75. The molecule has 24 heavy (non-hydrogen) atoms. The summed E-state index contributed by atoms with van der Waals surface area (Å²) in [7, 11) is 0. The van der Waals surface area contributed by atoms with E-state index in [0.29, 0.717) is 0 Å². The van der Waals surface area contributed by atoms with E-state index < -0.39 is 0 Å². The van der Waals surface area contributed by atoms with Crippen molar-refractivity contribution in [1.82, 2.24) is 20.8 Å². The zero-order valence-corrected chi connectivity index (χ0v) is 12.8. The number of hydrazone groups is 2. The van der Waals surface area contributed by atoms with Crippen LogP contribution in [0.2, 0.25) is 0 Å². The Labute approximate surface area is 138 Å². The molecule has 0 aromatic carbocycles. The average molecular weight is 324 g/mol. The molecule has 0 aliphatic carbocycles. The van der Waals surface area contributed by atoms with Crippen LogP contribution in [0, 0.1) is 0 Å². The number of aromatic nitrogens is 2. The highest BCUT2D eigenvalue weighted by Crippen LogP contribution is 1.93. The topological polar surface area (TPSA) is 109 Å². The normalized spacial score (nSPS) is 10.8. The van der Waals surface area contributed by atoms with Gasteiger partial charge in [-0.15, -0.1) is 0 Å². The molecule has 2 heterocycles. The van der Waals surface area contributed by atoms with Crippen LogP contribution < -0.4 is 10.9 Å². The molecule has 2 amide bonds. The third kappa shape index (κ3) is 6.56. The summed E-state index contributed by atoms with van der Waals surface area (Å²) >= 11 is 0. The van der Waals surface area contributed by atoms with Crippen molar-refractivity contribution in [2.75, 3.05) is 0 Å². The first-order valence-corrected chi connectivity index (χ1v) is 7.18. The van der Waals surface area contributed by atoms with Crippen LogP contribution >= 0.6 is 0 Å². The van der Waals surface area contributed by atoms with Crippen molar-refractivity contribution < 1.29 is 9.59 Å². The molecule has 0 saturated heterocycles. The second-order valence-electron chi connectivity index (χ2n) is 4.66. The van der Waals surface area contributed by atoms with E-state index in [2.05, 4.69) is 31.0 Å². The third-order valence-electron chi connectivity index (χ3n) is 2.75. The summed E-state index contributed by atoms with van der Waals surface area (Å²) in [6.07, 6.45) is 9.49. The SMILES string of the molecule is O=C(CCC(=O)N/N=C/c1cccnc1)N/N=C/c1cccnc1. The van der Waals surface area contributed by atoms with Crippen LogP contribution in [-0.2, 0) is 9.59 Å². The highest BCUT2D eigenvalue weighted by molar-refractivity contribution is 5.86. The summed E-state index contributed by atoms with van der Waals surface area (Å²) in [4.78, 5) is 31.0. The number of rotatable bonds is 7. The Bertz CT molecular complexity index is 652. The maximum Gasteiger partial charge on any atom is 0.240 e. The average Bonchev–Trinajstić information content (AvgIpc) is 2.62. The zero-order chi connectivity index (χ0) is 17.0. The van der Waals surface area contributed by atoms with Gasteiger partial charge in [-0.25, -0.2) is 10.9 Å². The Kier molecular flexibility index (Phi) is 6.75. The largest absolute Gasteiger partial charge is 0.273 e. The smallest absolute Gasteiger partial charge is 0.240 e. The number of hydrogen-bond acceptors (Lipinski definition) is 6. The van der Waals surface area contributed by atoms with E-state index in [9.17, 15) is 9.59 Å². The molecule has 2 rings (SSSR count). The van der Waals surface area contributed by atoms with E-state index in [1.807, 2.05) is 0 Å². The molecule has 0 atom stereocenters. The fraction of sp³-hybridized carbons (Fsp3) is 0.125. The number of nitrogens with one attached hydrogen (secondary N) is 2. The second kappa shape index (κ2) is 9.57. The van der Waals surface area contributed by atoms with Crippen molar-refractivity contribution >= 4 is 24.2 Å². The molecule has 0 unspecified atom stereocenters. The molecule has 0 aliphatic heterocycles. The maximum atomic E-state index is 11.6. The number of carbonyl (C=O) groups excluding carboxylic acids is 2. The molecule has 0 aliphatic rings. The Morgan fingerprint density at radius 2 is 1.33 bits per heavy atom. The van der Waals surface area contributed by atoms with Crippen molar-refractivity contribution in [3.63, 3.8) is 0 Å². The van der Waals surface area contributed by atoms with E-state index >= 15 is 0 Å². The summed E-state index contributed by atoms with van der Waals surface area (Å²) in [6, 6.07) is 7.13. The molecule has 0 bridgehead atoms. The van der Waals surface area contributed by atoms with Crippen LogP contribution in [0.4, 0.5) is 0 Å². The minimum Gasteiger partial charge on any atom is -0.273 e. The van der Waals surface area contributed by atoms with Gasteiger partial charge in [-0.2, -0.15) is 10.2 Å². The molecule has 0 fully saturated rings. The molecule has 0 saturated carbocycles. The summed E-state index contributed by atoms with van der Waals surface area (Å²) in [6.45, 7) is 0. The molecular weight excluding hydrogens is 308 g/mol. The number of amides is 2. The summed E-state index contributed by atoms with van der Waals surface area (Å²) in [5, 5.41) is 7.58. The molecular formula is C16H16N6O2. The van der Waals surface area contributed by atoms with Gasteiger partial charge in [0.2, 0.25) is 11.8 Å². The molecule has 8 nitrogen and oxygen atoms in total. The molecule has 2 N–H and O–H groups in total. The monoisotopic (exact) mass is 324 g/mol. The molecule has 0 spiro atoms. The van der Waals surface area contributed by atoms with Crippen molar-refractivity contribution in [3.8, 4) is 0 Å². The van der Waals surface area contributed by atoms with Crippen molar-refractivity contribution in [3.05, 3.63) is 60.2 Å². The number of carbonyl (C=O) groups is 2. The van der Waals surface area contributed by atoms with Crippen LogP contribution in [0.5, 0.6) is 0 Å². The minimum absolute atomic E-state index is 0.0125. The highest BCUT2D eigenvalue weighted by Gasteiger charge is 2.05. The summed E-state index contributed by atoms with van der Waals surface area (Å²) in [5.74, 6) is -0.719. The second-order valence-corrected chi connectivity index (χ2v) is 4.66. The number of nitrogens with zero attached hydrogens (tertiary/aromatic N) is 4. The summed E-state index contributed by atoms with van der Waals surface area (Å²) < 4.78 is 0. The van der Waals surface area contributed by atoms with Gasteiger partial charge in [-0.1, -0.05) is 12.1 Å². The van der Waals surface area contributed by atoms with Crippen molar-refractivity contribution in [2.24, 2.45) is 10.2 Å². The van der Waals surface area contributed by atoms with Crippen LogP contribution in [0.15, 0.2) is 59.3 Å². The standard InChI is InChI=1S/C16H16N6O2/c23-15(21-19-11-13-3-1-7-17-9-13)5-6-16(24)22-20-12-14-4-2-8-18-10-14/h1-4,7-12H,5-6H2,(H,21,23)(H,22,24)/b19-11+,20-12+. The van der Waals surface area contributed by atoms with Gasteiger partial charge in [0, 0.05) is 48.8 Å². The fourth-order valence-electron chi connectivity index (χ4n) is 1.60. The van der Waals surface area contributed by atoms with E-state index in [1.165, 1.54) is 12.4 Å².